The van der Waals surface area contributed by atoms with Crippen LogP contribution in [0.25, 0.3) is 0 Å². The Labute approximate surface area is 119 Å². The molecule has 0 aliphatic heterocycles. The number of nitrogens with zero attached hydrogens (tertiary/aromatic N) is 4. The highest BCUT2D eigenvalue weighted by atomic mass is 19.2. The summed E-state index contributed by atoms with van der Waals surface area (Å²) in [7, 11) is 0. The number of aromatic nitrogens is 3. The fourth-order valence-electron chi connectivity index (χ4n) is 1.79. The third-order valence-corrected chi connectivity index (χ3v) is 2.92. The van der Waals surface area contributed by atoms with Gasteiger partial charge in [-0.1, -0.05) is 0 Å². The number of hydrogen-bond acceptors (Lipinski definition) is 5. The Balaban J connectivity index is 2.28. The lowest BCUT2D eigenvalue weighted by atomic mass is 10.3. The van der Waals surface area contributed by atoms with E-state index in [1.807, 2.05) is 18.7 Å². The van der Waals surface area contributed by atoms with Gasteiger partial charge in [0.25, 0.3) is 0 Å². The van der Waals surface area contributed by atoms with Gasteiger partial charge in [0.15, 0.2) is 23.3 Å². The van der Waals surface area contributed by atoms with E-state index in [1.54, 1.807) is 0 Å². The summed E-state index contributed by atoms with van der Waals surface area (Å²) in [5.74, 6) is -3.57. The number of hydrogen-bond donors (Lipinski definition) is 1. The van der Waals surface area contributed by atoms with Gasteiger partial charge in [-0.2, -0.15) is 10.1 Å². The molecule has 0 fully saturated rings. The van der Waals surface area contributed by atoms with Crippen LogP contribution < -0.4 is 10.2 Å². The van der Waals surface area contributed by atoms with E-state index in [-0.39, 0.29) is 11.6 Å². The van der Waals surface area contributed by atoms with Gasteiger partial charge in [0.1, 0.15) is 0 Å². The fourth-order valence-corrected chi connectivity index (χ4v) is 1.79. The normalized spacial score (nSPS) is 10.5. The number of benzene rings is 1. The molecule has 21 heavy (non-hydrogen) atoms. The molecule has 8 heteroatoms. The van der Waals surface area contributed by atoms with Crippen molar-refractivity contribution >= 4 is 17.5 Å². The van der Waals surface area contributed by atoms with Gasteiger partial charge in [-0.25, -0.2) is 13.2 Å². The van der Waals surface area contributed by atoms with E-state index in [9.17, 15) is 13.2 Å². The SMILES string of the molecule is CCN(CC)c1cnnc(Nc2ccc(F)c(F)c2F)n1. The van der Waals surface area contributed by atoms with E-state index in [1.165, 1.54) is 6.20 Å². The van der Waals surface area contributed by atoms with E-state index < -0.39 is 17.5 Å². The van der Waals surface area contributed by atoms with Gasteiger partial charge in [-0.3, -0.25) is 0 Å². The van der Waals surface area contributed by atoms with Gasteiger partial charge in [0.2, 0.25) is 5.95 Å². The van der Waals surface area contributed by atoms with E-state index >= 15 is 0 Å². The minimum Gasteiger partial charge on any atom is -0.356 e. The van der Waals surface area contributed by atoms with Crippen LogP contribution in [0.3, 0.4) is 0 Å². The van der Waals surface area contributed by atoms with Crippen molar-refractivity contribution < 1.29 is 13.2 Å². The third kappa shape index (κ3) is 3.21. The maximum Gasteiger partial charge on any atom is 0.249 e. The molecule has 1 aromatic heterocycles. The Morgan fingerprint density at radius 3 is 2.48 bits per heavy atom. The second-order valence-corrected chi connectivity index (χ2v) is 4.16. The van der Waals surface area contributed by atoms with Crippen molar-refractivity contribution in [1.82, 2.24) is 15.2 Å². The first-order valence-corrected chi connectivity index (χ1v) is 6.42. The highest BCUT2D eigenvalue weighted by Gasteiger charge is 2.15. The van der Waals surface area contributed by atoms with Crippen molar-refractivity contribution in [3.63, 3.8) is 0 Å². The van der Waals surface area contributed by atoms with Crippen LogP contribution in [0.5, 0.6) is 0 Å². The summed E-state index contributed by atoms with van der Waals surface area (Å²) in [6.45, 7) is 5.34. The average molecular weight is 297 g/mol. The number of halogens is 3. The predicted octanol–water partition coefficient (Wildman–Crippen LogP) is 2.88. The molecular weight excluding hydrogens is 283 g/mol. The van der Waals surface area contributed by atoms with Crippen LogP contribution in [0.2, 0.25) is 0 Å². The summed E-state index contributed by atoms with van der Waals surface area (Å²) in [6.07, 6.45) is 1.47. The van der Waals surface area contributed by atoms with E-state index in [0.29, 0.717) is 18.9 Å². The molecule has 0 saturated carbocycles. The molecule has 1 heterocycles. The molecule has 2 aromatic rings. The van der Waals surface area contributed by atoms with Gasteiger partial charge in [-0.05, 0) is 26.0 Å². The van der Waals surface area contributed by atoms with Crippen LogP contribution in [0.4, 0.5) is 30.6 Å². The van der Waals surface area contributed by atoms with Gasteiger partial charge >= 0.3 is 0 Å². The van der Waals surface area contributed by atoms with Crippen molar-refractivity contribution in [2.75, 3.05) is 23.3 Å². The van der Waals surface area contributed by atoms with Crippen molar-refractivity contribution in [2.45, 2.75) is 13.8 Å². The molecule has 0 unspecified atom stereocenters. The number of nitrogens with one attached hydrogen (secondary N) is 1. The Kier molecular flexibility index (Phi) is 4.56. The molecule has 2 rings (SSSR count). The standard InChI is InChI=1S/C13H14F3N5/c1-3-21(4-2)10-7-17-20-13(19-10)18-9-6-5-8(14)11(15)12(9)16/h5-7H,3-4H2,1-2H3,(H,18,19,20). The Morgan fingerprint density at radius 2 is 1.81 bits per heavy atom. The lowest BCUT2D eigenvalue weighted by molar-refractivity contribution is 0.449. The lowest BCUT2D eigenvalue weighted by Gasteiger charge is -2.19. The monoisotopic (exact) mass is 297 g/mol. The molecule has 0 aliphatic carbocycles. The Hall–Kier alpha value is -2.38. The largest absolute Gasteiger partial charge is 0.356 e. The van der Waals surface area contributed by atoms with Crippen LogP contribution in [-0.2, 0) is 0 Å². The first-order valence-electron chi connectivity index (χ1n) is 6.42. The molecule has 0 radical (unpaired) electrons. The summed E-state index contributed by atoms with van der Waals surface area (Å²) in [4.78, 5) is 6.08. The van der Waals surface area contributed by atoms with E-state index in [4.69, 9.17) is 0 Å². The number of rotatable bonds is 5. The van der Waals surface area contributed by atoms with Gasteiger partial charge in [-0.15, -0.1) is 5.10 Å². The highest BCUT2D eigenvalue weighted by molar-refractivity contribution is 5.55. The van der Waals surface area contributed by atoms with E-state index in [0.717, 1.165) is 12.1 Å². The van der Waals surface area contributed by atoms with E-state index in [2.05, 4.69) is 20.5 Å². The lowest BCUT2D eigenvalue weighted by Crippen LogP contribution is -2.23. The highest BCUT2D eigenvalue weighted by Crippen LogP contribution is 2.22. The number of anilines is 3. The van der Waals surface area contributed by atoms with Crippen LogP contribution >= 0.6 is 0 Å². The summed E-state index contributed by atoms with van der Waals surface area (Å²) < 4.78 is 39.6. The molecule has 0 atom stereocenters. The molecule has 112 valence electrons. The summed E-state index contributed by atoms with van der Waals surface area (Å²) in [6, 6.07) is 1.89. The molecule has 0 saturated heterocycles. The minimum atomic E-state index is -1.55. The van der Waals surface area contributed by atoms with Crippen LogP contribution in [0.15, 0.2) is 18.3 Å². The summed E-state index contributed by atoms with van der Waals surface area (Å²) in [5, 5.41) is 9.95. The Morgan fingerprint density at radius 1 is 1.10 bits per heavy atom. The first kappa shape index (κ1) is 15.0. The van der Waals surface area contributed by atoms with Gasteiger partial charge in [0.05, 0.1) is 11.9 Å². The van der Waals surface area contributed by atoms with Crippen LogP contribution in [-0.4, -0.2) is 28.3 Å². The molecule has 5 nitrogen and oxygen atoms in total. The predicted molar refractivity (Wildman–Crippen MR) is 73.0 cm³/mol. The van der Waals surface area contributed by atoms with Gasteiger partial charge in [0, 0.05) is 13.1 Å². The van der Waals surface area contributed by atoms with Crippen molar-refractivity contribution in [1.29, 1.82) is 0 Å². The zero-order chi connectivity index (χ0) is 15.4. The summed E-state index contributed by atoms with van der Waals surface area (Å²) in [5.41, 5.74) is -0.257. The van der Waals surface area contributed by atoms with Crippen molar-refractivity contribution in [3.8, 4) is 0 Å². The second-order valence-electron chi connectivity index (χ2n) is 4.16. The maximum atomic E-state index is 13.6. The van der Waals surface area contributed by atoms with Crippen LogP contribution in [0, 0.1) is 17.5 Å². The Bertz CT molecular complexity index is 631. The molecule has 1 N–H and O–H groups in total. The maximum absolute atomic E-state index is 13.6. The molecule has 1 aromatic carbocycles. The smallest absolute Gasteiger partial charge is 0.249 e. The van der Waals surface area contributed by atoms with Crippen molar-refractivity contribution in [3.05, 3.63) is 35.8 Å². The first-order chi connectivity index (χ1) is 10.1. The molecule has 0 aliphatic rings. The second kappa shape index (κ2) is 6.38. The minimum absolute atomic E-state index is 0.00399. The molecule has 0 amide bonds. The average Bonchev–Trinajstić information content (AvgIpc) is 2.50. The fraction of sp³-hybridized carbons (Fsp3) is 0.308. The molecule has 0 bridgehead atoms. The summed E-state index contributed by atoms with van der Waals surface area (Å²) >= 11 is 0. The quantitative estimate of drug-likeness (QED) is 0.860. The zero-order valence-corrected chi connectivity index (χ0v) is 11.6. The van der Waals surface area contributed by atoms with Gasteiger partial charge < -0.3 is 10.2 Å². The van der Waals surface area contributed by atoms with Crippen LogP contribution in [0.1, 0.15) is 13.8 Å². The van der Waals surface area contributed by atoms with Crippen molar-refractivity contribution in [2.24, 2.45) is 0 Å². The third-order valence-electron chi connectivity index (χ3n) is 2.92. The topological polar surface area (TPSA) is 53.9 Å². The molecule has 0 spiro atoms. The molecular formula is C13H14F3N5. The zero-order valence-electron chi connectivity index (χ0n) is 11.6.